The molecular weight excluding hydrogens is 258 g/mol. The largest absolute Gasteiger partial charge is 0.367 e. The zero-order chi connectivity index (χ0) is 13.7. The standard InChI is InChI=1S/C15H24ClN3/c1-3-7-14-18-13(16)10-15(19-14)17-12-9-6-5-8-11(12)4-2/h10-12H,3-9H2,1-2H3,(H,17,18,19). The maximum Gasteiger partial charge on any atom is 0.134 e. The van der Waals surface area contributed by atoms with Crippen molar-refractivity contribution < 1.29 is 0 Å². The Kier molecular flexibility index (Phi) is 5.44. The lowest BCUT2D eigenvalue weighted by molar-refractivity contribution is 0.317. The Bertz CT molecular complexity index is 408. The van der Waals surface area contributed by atoms with Gasteiger partial charge in [0.25, 0.3) is 0 Å². The quantitative estimate of drug-likeness (QED) is 0.810. The summed E-state index contributed by atoms with van der Waals surface area (Å²) in [4.78, 5) is 8.85. The van der Waals surface area contributed by atoms with Crippen molar-refractivity contribution in [3.63, 3.8) is 0 Å². The van der Waals surface area contributed by atoms with Crippen LogP contribution in [0.5, 0.6) is 0 Å². The van der Waals surface area contributed by atoms with E-state index in [4.69, 9.17) is 11.6 Å². The second kappa shape index (κ2) is 7.09. The van der Waals surface area contributed by atoms with Crippen molar-refractivity contribution in [3.8, 4) is 0 Å². The Morgan fingerprint density at radius 1 is 1.26 bits per heavy atom. The Labute approximate surface area is 121 Å². The summed E-state index contributed by atoms with van der Waals surface area (Å²) in [5.74, 6) is 2.51. The van der Waals surface area contributed by atoms with Crippen LogP contribution in [0.25, 0.3) is 0 Å². The third-order valence-electron chi connectivity index (χ3n) is 3.98. The van der Waals surface area contributed by atoms with E-state index in [0.717, 1.165) is 30.4 Å². The molecular formula is C15H24ClN3. The highest BCUT2D eigenvalue weighted by Gasteiger charge is 2.23. The highest BCUT2D eigenvalue weighted by molar-refractivity contribution is 6.29. The van der Waals surface area contributed by atoms with Gasteiger partial charge in [-0.05, 0) is 25.2 Å². The highest BCUT2D eigenvalue weighted by Crippen LogP contribution is 2.29. The van der Waals surface area contributed by atoms with Gasteiger partial charge in [-0.3, -0.25) is 0 Å². The smallest absolute Gasteiger partial charge is 0.134 e. The fourth-order valence-corrected chi connectivity index (χ4v) is 3.15. The van der Waals surface area contributed by atoms with Crippen LogP contribution in [0.3, 0.4) is 0 Å². The number of hydrogen-bond donors (Lipinski definition) is 1. The SMILES string of the molecule is CCCc1nc(Cl)cc(NC2CCCCC2CC)n1. The van der Waals surface area contributed by atoms with Crippen LogP contribution in [0.2, 0.25) is 5.15 Å². The molecule has 4 heteroatoms. The Balaban J connectivity index is 2.08. The molecule has 2 rings (SSSR count). The number of halogens is 1. The second-order valence-electron chi connectivity index (χ2n) is 5.45. The van der Waals surface area contributed by atoms with Gasteiger partial charge in [0.2, 0.25) is 0 Å². The van der Waals surface area contributed by atoms with Crippen molar-refractivity contribution in [3.05, 3.63) is 17.0 Å². The third kappa shape index (κ3) is 4.07. The van der Waals surface area contributed by atoms with Crippen molar-refractivity contribution in [1.82, 2.24) is 9.97 Å². The number of aryl methyl sites for hydroxylation is 1. The van der Waals surface area contributed by atoms with Crippen LogP contribution in [-0.4, -0.2) is 16.0 Å². The van der Waals surface area contributed by atoms with Gasteiger partial charge in [-0.15, -0.1) is 0 Å². The van der Waals surface area contributed by atoms with Crippen molar-refractivity contribution in [2.24, 2.45) is 5.92 Å². The van der Waals surface area contributed by atoms with Gasteiger partial charge in [0.15, 0.2) is 0 Å². The average Bonchev–Trinajstić information content (AvgIpc) is 2.39. The molecule has 3 nitrogen and oxygen atoms in total. The molecule has 1 aliphatic carbocycles. The zero-order valence-corrected chi connectivity index (χ0v) is 12.7. The van der Waals surface area contributed by atoms with E-state index in [2.05, 4.69) is 29.1 Å². The molecule has 0 radical (unpaired) electrons. The number of nitrogens with one attached hydrogen (secondary N) is 1. The minimum absolute atomic E-state index is 0.541. The van der Waals surface area contributed by atoms with E-state index >= 15 is 0 Å². The maximum atomic E-state index is 6.08. The first-order valence-corrected chi connectivity index (χ1v) is 7.90. The minimum Gasteiger partial charge on any atom is -0.367 e. The van der Waals surface area contributed by atoms with E-state index in [1.165, 1.54) is 32.1 Å². The van der Waals surface area contributed by atoms with Crippen LogP contribution in [0, 0.1) is 5.92 Å². The summed E-state index contributed by atoms with van der Waals surface area (Å²) >= 11 is 6.08. The van der Waals surface area contributed by atoms with Crippen LogP contribution >= 0.6 is 11.6 Å². The fraction of sp³-hybridized carbons (Fsp3) is 0.733. The number of nitrogens with zero attached hydrogens (tertiary/aromatic N) is 2. The third-order valence-corrected chi connectivity index (χ3v) is 4.18. The normalized spacial score (nSPS) is 23.3. The van der Waals surface area contributed by atoms with Crippen LogP contribution < -0.4 is 5.32 Å². The van der Waals surface area contributed by atoms with Gasteiger partial charge in [-0.2, -0.15) is 0 Å². The predicted octanol–water partition coefficient (Wildman–Crippen LogP) is 4.46. The van der Waals surface area contributed by atoms with Gasteiger partial charge < -0.3 is 5.32 Å². The summed E-state index contributed by atoms with van der Waals surface area (Å²) in [5, 5.41) is 4.13. The molecule has 1 N–H and O–H groups in total. The summed E-state index contributed by atoms with van der Waals surface area (Å²) in [6.07, 6.45) is 8.41. The van der Waals surface area contributed by atoms with Gasteiger partial charge in [0.1, 0.15) is 16.8 Å². The van der Waals surface area contributed by atoms with E-state index in [9.17, 15) is 0 Å². The lowest BCUT2D eigenvalue weighted by atomic mass is 9.83. The molecule has 0 amide bonds. The molecule has 1 aliphatic rings. The second-order valence-corrected chi connectivity index (χ2v) is 5.83. The van der Waals surface area contributed by atoms with Crippen LogP contribution in [0.15, 0.2) is 6.07 Å². The van der Waals surface area contributed by atoms with E-state index < -0.39 is 0 Å². The lowest BCUT2D eigenvalue weighted by Gasteiger charge is -2.32. The van der Waals surface area contributed by atoms with Crippen molar-refractivity contribution in [1.29, 1.82) is 0 Å². The molecule has 0 spiro atoms. The van der Waals surface area contributed by atoms with Gasteiger partial charge >= 0.3 is 0 Å². The molecule has 0 aromatic carbocycles. The van der Waals surface area contributed by atoms with Crippen LogP contribution in [0.4, 0.5) is 5.82 Å². The molecule has 0 aliphatic heterocycles. The molecule has 2 atom stereocenters. The van der Waals surface area contributed by atoms with Crippen molar-refractivity contribution in [2.45, 2.75) is 64.8 Å². The monoisotopic (exact) mass is 281 g/mol. The maximum absolute atomic E-state index is 6.08. The highest BCUT2D eigenvalue weighted by atomic mass is 35.5. The van der Waals surface area contributed by atoms with Gasteiger partial charge in [0.05, 0.1) is 0 Å². The molecule has 1 aromatic rings. The molecule has 0 saturated heterocycles. The summed E-state index contributed by atoms with van der Waals surface area (Å²) in [6, 6.07) is 2.39. The zero-order valence-electron chi connectivity index (χ0n) is 12.0. The first kappa shape index (κ1) is 14.6. The van der Waals surface area contributed by atoms with Crippen LogP contribution in [0.1, 0.15) is 58.2 Å². The van der Waals surface area contributed by atoms with E-state index in [1.807, 2.05) is 6.07 Å². The van der Waals surface area contributed by atoms with E-state index in [0.29, 0.717) is 11.2 Å². The molecule has 1 heterocycles. The van der Waals surface area contributed by atoms with Crippen molar-refractivity contribution in [2.75, 3.05) is 5.32 Å². The Morgan fingerprint density at radius 2 is 2.05 bits per heavy atom. The summed E-state index contributed by atoms with van der Waals surface area (Å²) < 4.78 is 0. The molecule has 19 heavy (non-hydrogen) atoms. The fourth-order valence-electron chi connectivity index (χ4n) is 2.95. The molecule has 2 unspecified atom stereocenters. The van der Waals surface area contributed by atoms with Crippen molar-refractivity contribution >= 4 is 17.4 Å². The molecule has 1 aromatic heterocycles. The van der Waals surface area contributed by atoms with E-state index in [1.54, 1.807) is 0 Å². The molecule has 0 bridgehead atoms. The van der Waals surface area contributed by atoms with Crippen LogP contribution in [-0.2, 0) is 6.42 Å². The van der Waals surface area contributed by atoms with Gasteiger partial charge in [-0.1, -0.05) is 44.7 Å². The molecule has 106 valence electrons. The summed E-state index contributed by atoms with van der Waals surface area (Å²) in [7, 11) is 0. The number of aromatic nitrogens is 2. The lowest BCUT2D eigenvalue weighted by Crippen LogP contribution is -2.32. The minimum atomic E-state index is 0.541. The molecule has 1 fully saturated rings. The first-order chi connectivity index (χ1) is 9.22. The Hall–Kier alpha value is -0.830. The first-order valence-electron chi connectivity index (χ1n) is 7.53. The van der Waals surface area contributed by atoms with E-state index in [-0.39, 0.29) is 0 Å². The number of hydrogen-bond acceptors (Lipinski definition) is 3. The summed E-state index contributed by atoms with van der Waals surface area (Å²) in [5.41, 5.74) is 0. The number of rotatable bonds is 5. The topological polar surface area (TPSA) is 37.8 Å². The van der Waals surface area contributed by atoms with Gasteiger partial charge in [-0.25, -0.2) is 9.97 Å². The molecule has 1 saturated carbocycles. The predicted molar refractivity (Wildman–Crippen MR) is 80.7 cm³/mol. The Morgan fingerprint density at radius 3 is 2.79 bits per heavy atom. The van der Waals surface area contributed by atoms with Gasteiger partial charge in [0, 0.05) is 18.5 Å². The number of anilines is 1. The summed E-state index contributed by atoms with van der Waals surface area (Å²) in [6.45, 7) is 4.41. The average molecular weight is 282 g/mol.